The van der Waals surface area contributed by atoms with Gasteiger partial charge >= 0.3 is 0 Å². The van der Waals surface area contributed by atoms with Gasteiger partial charge < -0.3 is 4.98 Å². The van der Waals surface area contributed by atoms with E-state index in [1.165, 1.54) is 59.4 Å². The van der Waals surface area contributed by atoms with Crippen molar-refractivity contribution < 1.29 is 4.21 Å². The minimum absolute atomic E-state index is 0.858. The highest BCUT2D eigenvalue weighted by atomic mass is 32.2. The second kappa shape index (κ2) is 8.01. The van der Waals surface area contributed by atoms with Gasteiger partial charge in [-0.3, -0.25) is 4.21 Å². The Bertz CT molecular complexity index is 2270. The molecule has 0 amide bonds. The molecular formula is C35H23NOS. The van der Waals surface area contributed by atoms with Gasteiger partial charge in [-0.2, -0.15) is 0 Å². The molecule has 1 heterocycles. The molecule has 3 heteroatoms. The monoisotopic (exact) mass is 505 g/mol. The molecule has 0 saturated carbocycles. The van der Waals surface area contributed by atoms with Crippen LogP contribution >= 0.6 is 0 Å². The molecule has 180 valence electrons. The van der Waals surface area contributed by atoms with Crippen LogP contribution in [0.3, 0.4) is 0 Å². The first-order chi connectivity index (χ1) is 18.7. The van der Waals surface area contributed by atoms with Crippen molar-refractivity contribution in [1.82, 2.24) is 4.98 Å². The molecule has 2 nitrogen and oxygen atoms in total. The summed E-state index contributed by atoms with van der Waals surface area (Å²) < 4.78 is 12.5. The summed E-state index contributed by atoms with van der Waals surface area (Å²) in [5, 5.41) is 12.6. The summed E-state index contributed by atoms with van der Waals surface area (Å²) in [6.45, 7) is 0. The Morgan fingerprint density at radius 3 is 1.71 bits per heavy atom. The van der Waals surface area contributed by atoms with Gasteiger partial charge in [-0.25, -0.2) is 0 Å². The number of hydrogen-bond acceptors (Lipinski definition) is 1. The zero-order valence-corrected chi connectivity index (χ0v) is 21.6. The van der Waals surface area contributed by atoms with Crippen LogP contribution in [0, 0.1) is 0 Å². The summed E-state index contributed by atoms with van der Waals surface area (Å²) in [6.07, 6.45) is 1.74. The van der Waals surface area contributed by atoms with Gasteiger partial charge in [0.1, 0.15) is 0 Å². The molecule has 1 aromatic heterocycles. The van der Waals surface area contributed by atoms with E-state index >= 15 is 0 Å². The molecule has 38 heavy (non-hydrogen) atoms. The number of rotatable bonds is 2. The largest absolute Gasteiger partial charge is 0.354 e. The maximum Gasteiger partial charge on any atom is 0.0557 e. The van der Waals surface area contributed by atoms with Gasteiger partial charge in [-0.05, 0) is 55.6 Å². The van der Waals surface area contributed by atoms with Gasteiger partial charge in [0, 0.05) is 38.2 Å². The van der Waals surface area contributed by atoms with Crippen molar-refractivity contribution in [3.63, 3.8) is 0 Å². The van der Waals surface area contributed by atoms with E-state index in [0.717, 1.165) is 21.5 Å². The molecule has 7 aromatic carbocycles. The van der Waals surface area contributed by atoms with Crippen molar-refractivity contribution in [3.05, 3.63) is 115 Å². The van der Waals surface area contributed by atoms with E-state index in [0.29, 0.717) is 0 Å². The molecule has 0 fully saturated rings. The number of fused-ring (bicyclic) bond motifs is 13. The molecule has 0 aliphatic rings. The summed E-state index contributed by atoms with van der Waals surface area (Å²) >= 11 is 0. The zero-order chi connectivity index (χ0) is 25.4. The first kappa shape index (κ1) is 21.6. The van der Waals surface area contributed by atoms with Crippen LogP contribution in [-0.2, 0) is 10.8 Å². The average Bonchev–Trinajstić information content (AvgIpc) is 3.36. The Morgan fingerprint density at radius 1 is 0.526 bits per heavy atom. The van der Waals surface area contributed by atoms with Crippen LogP contribution in [0.25, 0.3) is 76.0 Å². The van der Waals surface area contributed by atoms with Gasteiger partial charge in [0.25, 0.3) is 0 Å². The van der Waals surface area contributed by atoms with Crippen molar-refractivity contribution in [2.45, 2.75) is 4.90 Å². The Balaban J connectivity index is 1.60. The quantitative estimate of drug-likeness (QED) is 0.233. The summed E-state index contributed by atoms with van der Waals surface area (Å²) in [5.74, 6) is 0. The third-order valence-electron chi connectivity index (χ3n) is 7.96. The van der Waals surface area contributed by atoms with Crippen LogP contribution in [0.1, 0.15) is 0 Å². The van der Waals surface area contributed by atoms with Crippen LogP contribution in [-0.4, -0.2) is 15.4 Å². The van der Waals surface area contributed by atoms with Crippen LogP contribution in [0.4, 0.5) is 0 Å². The third kappa shape index (κ3) is 2.91. The Hall–Kier alpha value is -4.47. The lowest BCUT2D eigenvalue weighted by molar-refractivity contribution is 0.687. The highest BCUT2D eigenvalue weighted by molar-refractivity contribution is 7.84. The van der Waals surface area contributed by atoms with Crippen LogP contribution in [0.5, 0.6) is 0 Å². The summed E-state index contributed by atoms with van der Waals surface area (Å²) in [5.41, 5.74) is 4.34. The molecule has 0 aliphatic heterocycles. The molecule has 8 rings (SSSR count). The fourth-order valence-corrected chi connectivity index (χ4v) is 7.15. The summed E-state index contributed by atoms with van der Waals surface area (Å²) in [7, 11) is -1.07. The van der Waals surface area contributed by atoms with Crippen molar-refractivity contribution in [2.75, 3.05) is 6.26 Å². The fourth-order valence-electron chi connectivity index (χ4n) is 6.39. The van der Waals surface area contributed by atoms with Crippen LogP contribution < -0.4 is 0 Å². The highest BCUT2D eigenvalue weighted by Gasteiger charge is 2.19. The minimum Gasteiger partial charge on any atom is -0.354 e. The van der Waals surface area contributed by atoms with Crippen LogP contribution in [0.15, 0.2) is 120 Å². The van der Waals surface area contributed by atoms with Crippen molar-refractivity contribution in [1.29, 1.82) is 0 Å². The van der Waals surface area contributed by atoms with Gasteiger partial charge in [0.05, 0.1) is 16.3 Å². The Kier molecular flexibility index (Phi) is 4.55. The first-order valence-electron chi connectivity index (χ1n) is 12.8. The van der Waals surface area contributed by atoms with E-state index in [-0.39, 0.29) is 0 Å². The van der Waals surface area contributed by atoms with E-state index in [1.807, 2.05) is 18.2 Å². The van der Waals surface area contributed by atoms with Gasteiger partial charge in [0.15, 0.2) is 0 Å². The van der Waals surface area contributed by atoms with E-state index in [1.54, 1.807) is 6.26 Å². The lowest BCUT2D eigenvalue weighted by Crippen LogP contribution is -1.91. The van der Waals surface area contributed by atoms with Crippen molar-refractivity contribution in [2.24, 2.45) is 0 Å². The highest BCUT2D eigenvalue weighted by Crippen LogP contribution is 2.45. The van der Waals surface area contributed by atoms with Gasteiger partial charge in [-0.15, -0.1) is 0 Å². The van der Waals surface area contributed by atoms with E-state index in [4.69, 9.17) is 0 Å². The minimum atomic E-state index is -1.07. The number of H-pyrrole nitrogens is 1. The molecule has 1 unspecified atom stereocenters. The molecule has 0 aliphatic carbocycles. The predicted molar refractivity (Wildman–Crippen MR) is 164 cm³/mol. The fraction of sp³-hybridized carbons (Fsp3) is 0.0286. The molecule has 0 bridgehead atoms. The molecule has 0 spiro atoms. The summed E-state index contributed by atoms with van der Waals surface area (Å²) in [6, 6.07) is 40.9. The smallest absolute Gasteiger partial charge is 0.0557 e. The maximum absolute atomic E-state index is 12.5. The van der Waals surface area contributed by atoms with Crippen LogP contribution in [0.2, 0.25) is 0 Å². The molecule has 0 saturated heterocycles. The van der Waals surface area contributed by atoms with E-state index in [9.17, 15) is 4.21 Å². The average molecular weight is 506 g/mol. The third-order valence-corrected chi connectivity index (χ3v) is 8.93. The normalized spacial score (nSPS) is 12.9. The zero-order valence-electron chi connectivity index (χ0n) is 20.8. The number of nitrogens with one attached hydrogen (secondary N) is 1. The maximum atomic E-state index is 12.5. The number of benzene rings is 7. The summed E-state index contributed by atoms with van der Waals surface area (Å²) in [4.78, 5) is 4.71. The van der Waals surface area contributed by atoms with E-state index < -0.39 is 10.8 Å². The number of aromatic nitrogens is 1. The molecule has 0 radical (unpaired) electrons. The van der Waals surface area contributed by atoms with Crippen molar-refractivity contribution >= 4 is 75.7 Å². The molecule has 8 aromatic rings. The van der Waals surface area contributed by atoms with E-state index in [2.05, 4.69) is 102 Å². The second-order valence-electron chi connectivity index (χ2n) is 9.97. The standard InChI is InChI=1S/C35H23NOS/c1-38(37)31-17-9-8-10-22(31)21-18-19-29-30(20-21)36-35-33(29)28-16-7-6-15-27(28)32-25-13-4-2-11-23(25)24-12-3-5-14-26(24)34(32)35/h2-20,36H,1H3. The predicted octanol–water partition coefficient (Wildman–Crippen LogP) is 9.34. The molecule has 1 N–H and O–H groups in total. The lowest BCUT2D eigenvalue weighted by Gasteiger charge is -2.14. The number of hydrogen-bond donors (Lipinski definition) is 1. The molecule has 1 atom stereocenters. The van der Waals surface area contributed by atoms with Gasteiger partial charge in [-0.1, -0.05) is 103 Å². The Labute approximate surface area is 222 Å². The number of aromatic amines is 1. The second-order valence-corrected chi connectivity index (χ2v) is 11.3. The molecular weight excluding hydrogens is 482 g/mol. The van der Waals surface area contributed by atoms with Gasteiger partial charge in [0.2, 0.25) is 0 Å². The van der Waals surface area contributed by atoms with Crippen molar-refractivity contribution in [3.8, 4) is 11.1 Å². The Morgan fingerprint density at radius 2 is 1.05 bits per heavy atom. The SMILES string of the molecule is CS(=O)c1ccccc1-c1ccc2c(c1)[nH]c1c2c2ccccc2c2c3ccccc3c3ccccc3c12. The first-order valence-corrected chi connectivity index (χ1v) is 14.4. The topological polar surface area (TPSA) is 32.9 Å². The lowest BCUT2D eigenvalue weighted by atomic mass is 9.89.